The number of nitrogens with one attached hydrogen (secondary N) is 1. The Morgan fingerprint density at radius 3 is 2.10 bits per heavy atom. The van der Waals surface area contributed by atoms with E-state index in [1.807, 2.05) is 0 Å². The van der Waals surface area contributed by atoms with Crippen LogP contribution in [0.25, 0.3) is 0 Å². The van der Waals surface area contributed by atoms with Crippen LogP contribution in [0.4, 0.5) is 24.5 Å². The van der Waals surface area contributed by atoms with Gasteiger partial charge in [-0.2, -0.15) is 18.4 Å². The number of amides is 4. The lowest BCUT2D eigenvalue weighted by Gasteiger charge is -2.29. The largest absolute Gasteiger partial charge is 0.491 e. The van der Waals surface area contributed by atoms with E-state index in [1.54, 1.807) is 61.2 Å². The van der Waals surface area contributed by atoms with Gasteiger partial charge in [-0.3, -0.25) is 29.4 Å². The fourth-order valence-electron chi connectivity index (χ4n) is 6.81. The SMILES string of the molecule is CC1(C)C(=O)N(c2ccc(C#N)c(C(F)(F)F)c2)C(=S)N1c1ccc(OCCOCCOCCOCCOc2cccc3c2CN([C@H]2CCC(=O)NC2=O)C3=O)cc1. The van der Waals surface area contributed by atoms with Crippen molar-refractivity contribution in [3.63, 3.8) is 0 Å². The molecule has 3 aliphatic rings. The molecule has 0 unspecified atom stereocenters. The molecule has 4 amide bonds. The van der Waals surface area contributed by atoms with E-state index in [-0.39, 0.29) is 68.4 Å². The summed E-state index contributed by atoms with van der Waals surface area (Å²) in [6.07, 6.45) is -4.33. The number of ether oxygens (including phenoxy) is 5. The number of anilines is 2. The molecular formula is C40H40F3N5O9S. The number of thiocarbonyl (C=S) groups is 1. The maximum Gasteiger partial charge on any atom is 0.417 e. The van der Waals surface area contributed by atoms with Crippen molar-refractivity contribution < 1.29 is 56.0 Å². The number of fused-ring (bicyclic) bond motifs is 1. The van der Waals surface area contributed by atoms with Crippen molar-refractivity contribution in [3.8, 4) is 17.6 Å². The van der Waals surface area contributed by atoms with E-state index in [0.717, 1.165) is 17.0 Å². The minimum absolute atomic E-state index is 0.00834. The number of piperidine rings is 1. The number of hydrogen-bond acceptors (Lipinski definition) is 11. The number of carbonyl (C=O) groups excluding carboxylic acids is 4. The van der Waals surface area contributed by atoms with Crippen LogP contribution in [0.1, 0.15) is 53.7 Å². The summed E-state index contributed by atoms with van der Waals surface area (Å²) < 4.78 is 69.3. The smallest absolute Gasteiger partial charge is 0.417 e. The second-order valence-electron chi connectivity index (χ2n) is 13.9. The number of rotatable bonds is 17. The lowest BCUT2D eigenvalue weighted by Crippen LogP contribution is -2.52. The number of benzene rings is 3. The first-order valence-electron chi connectivity index (χ1n) is 18.4. The van der Waals surface area contributed by atoms with Crippen LogP contribution in [0.5, 0.6) is 11.5 Å². The molecule has 0 radical (unpaired) electrons. The summed E-state index contributed by atoms with van der Waals surface area (Å²) in [6.45, 7) is 5.86. The summed E-state index contributed by atoms with van der Waals surface area (Å²) in [5, 5.41) is 11.4. The van der Waals surface area contributed by atoms with Crippen LogP contribution in [-0.2, 0) is 41.3 Å². The van der Waals surface area contributed by atoms with Crippen molar-refractivity contribution in [1.82, 2.24) is 10.2 Å². The Bertz CT molecular complexity index is 2110. The number of nitriles is 1. The number of imide groups is 1. The molecule has 3 heterocycles. The van der Waals surface area contributed by atoms with E-state index in [1.165, 1.54) is 17.0 Å². The van der Waals surface area contributed by atoms with Gasteiger partial charge in [0.25, 0.3) is 11.8 Å². The molecule has 0 aromatic heterocycles. The summed E-state index contributed by atoms with van der Waals surface area (Å²) in [4.78, 5) is 54.4. The number of halogens is 3. The van der Waals surface area contributed by atoms with Gasteiger partial charge in [-0.15, -0.1) is 0 Å². The first-order chi connectivity index (χ1) is 27.7. The molecule has 0 aliphatic carbocycles. The van der Waals surface area contributed by atoms with Gasteiger partial charge in [0.15, 0.2) is 5.11 Å². The van der Waals surface area contributed by atoms with Crippen LogP contribution in [-0.4, -0.2) is 98.1 Å². The summed E-state index contributed by atoms with van der Waals surface area (Å²) in [6, 6.07) is 15.8. The maximum absolute atomic E-state index is 13.6. The van der Waals surface area contributed by atoms with Crippen molar-refractivity contribution in [1.29, 1.82) is 5.26 Å². The normalized spacial score (nSPS) is 17.8. The summed E-state index contributed by atoms with van der Waals surface area (Å²) in [7, 11) is 0. The van der Waals surface area contributed by atoms with Crippen LogP contribution >= 0.6 is 12.2 Å². The molecule has 2 fully saturated rings. The van der Waals surface area contributed by atoms with E-state index in [2.05, 4.69) is 5.32 Å². The van der Waals surface area contributed by atoms with E-state index < -0.39 is 40.7 Å². The zero-order chi connectivity index (χ0) is 41.6. The molecule has 6 rings (SSSR count). The van der Waals surface area contributed by atoms with Gasteiger partial charge in [0.1, 0.15) is 36.3 Å². The van der Waals surface area contributed by atoms with Crippen molar-refractivity contribution >= 4 is 52.3 Å². The van der Waals surface area contributed by atoms with Crippen molar-refractivity contribution in [2.75, 3.05) is 62.7 Å². The molecule has 2 saturated heterocycles. The van der Waals surface area contributed by atoms with E-state index >= 15 is 0 Å². The van der Waals surface area contributed by atoms with Gasteiger partial charge >= 0.3 is 6.18 Å². The molecule has 3 aromatic rings. The van der Waals surface area contributed by atoms with Gasteiger partial charge in [0.2, 0.25) is 11.8 Å². The molecule has 0 bridgehead atoms. The Hall–Kier alpha value is -5.61. The molecule has 0 spiro atoms. The molecular weight excluding hydrogens is 784 g/mol. The highest BCUT2D eigenvalue weighted by Gasteiger charge is 2.51. The van der Waals surface area contributed by atoms with Crippen LogP contribution < -0.4 is 24.6 Å². The first-order valence-corrected chi connectivity index (χ1v) is 18.8. The predicted octanol–water partition coefficient (Wildman–Crippen LogP) is 4.76. The van der Waals surface area contributed by atoms with Crippen molar-refractivity contribution in [3.05, 3.63) is 82.9 Å². The minimum Gasteiger partial charge on any atom is -0.491 e. The lowest BCUT2D eigenvalue weighted by molar-refractivity contribution is -0.138. The highest BCUT2D eigenvalue weighted by Crippen LogP contribution is 2.40. The van der Waals surface area contributed by atoms with Crippen LogP contribution in [0.3, 0.4) is 0 Å². The number of nitrogens with zero attached hydrogens (tertiary/aromatic N) is 4. The van der Waals surface area contributed by atoms with E-state index in [0.29, 0.717) is 54.7 Å². The van der Waals surface area contributed by atoms with Gasteiger partial charge in [-0.25, -0.2) is 0 Å². The monoisotopic (exact) mass is 823 g/mol. The average molecular weight is 824 g/mol. The second kappa shape index (κ2) is 17.9. The van der Waals surface area contributed by atoms with E-state index in [4.69, 9.17) is 41.2 Å². The Kier molecular flexibility index (Phi) is 13.0. The van der Waals surface area contributed by atoms with E-state index in [9.17, 15) is 32.3 Å². The summed E-state index contributed by atoms with van der Waals surface area (Å²) in [5.41, 5.74) is -1.32. The molecule has 14 nitrogen and oxygen atoms in total. The molecule has 18 heteroatoms. The third kappa shape index (κ3) is 9.07. The second-order valence-corrected chi connectivity index (χ2v) is 14.2. The minimum atomic E-state index is -4.80. The first kappa shape index (κ1) is 42.0. The Morgan fingerprint density at radius 2 is 1.48 bits per heavy atom. The van der Waals surface area contributed by atoms with Crippen LogP contribution in [0, 0.1) is 11.3 Å². The Morgan fingerprint density at radius 1 is 0.862 bits per heavy atom. The molecule has 306 valence electrons. The average Bonchev–Trinajstić information content (AvgIpc) is 3.61. The molecule has 1 atom stereocenters. The molecule has 58 heavy (non-hydrogen) atoms. The van der Waals surface area contributed by atoms with Crippen molar-refractivity contribution in [2.45, 2.75) is 51.0 Å². The highest BCUT2D eigenvalue weighted by molar-refractivity contribution is 7.81. The molecule has 3 aromatic carbocycles. The quantitative estimate of drug-likeness (QED) is 0.113. The summed E-state index contributed by atoms with van der Waals surface area (Å²) in [5.74, 6) is -0.536. The molecule has 0 saturated carbocycles. The number of hydrogen-bond donors (Lipinski definition) is 1. The Balaban J connectivity index is 0.850. The van der Waals surface area contributed by atoms with Crippen LogP contribution in [0.15, 0.2) is 60.7 Å². The van der Waals surface area contributed by atoms with Gasteiger partial charge < -0.3 is 33.5 Å². The number of alkyl halides is 3. The molecule has 1 N–H and O–H groups in total. The van der Waals surface area contributed by atoms with Crippen molar-refractivity contribution in [2.24, 2.45) is 0 Å². The van der Waals surface area contributed by atoms with Gasteiger partial charge in [0, 0.05) is 23.2 Å². The molecule has 3 aliphatic heterocycles. The highest BCUT2D eigenvalue weighted by atomic mass is 32.1. The van der Waals surface area contributed by atoms with Crippen LogP contribution in [0.2, 0.25) is 0 Å². The van der Waals surface area contributed by atoms with Gasteiger partial charge in [-0.1, -0.05) is 6.07 Å². The maximum atomic E-state index is 13.6. The zero-order valence-electron chi connectivity index (χ0n) is 31.6. The third-order valence-corrected chi connectivity index (χ3v) is 10.1. The fourth-order valence-corrected chi connectivity index (χ4v) is 7.34. The standard InChI is InChI=1S/C40H40F3N5O9S/c1-39(2)37(52)47(27-7-6-25(23-44)31(22-27)40(41,42)43)38(58)48(39)26-8-10-28(11-9-26)56-20-18-54-16-14-53-15-17-55-19-21-57-33-5-3-4-29-30(33)24-46(36(29)51)32-12-13-34(49)45-35(32)50/h3-11,22,32H,12-21,24H2,1-2H3,(H,45,49,50)/t32-/m0/s1. The van der Waals surface area contributed by atoms with Gasteiger partial charge in [0.05, 0.1) is 69.1 Å². The van der Waals surface area contributed by atoms with Gasteiger partial charge in [-0.05, 0) is 87.1 Å². The summed E-state index contributed by atoms with van der Waals surface area (Å²) >= 11 is 5.59. The lowest BCUT2D eigenvalue weighted by atomic mass is 10.0. The predicted molar refractivity (Wildman–Crippen MR) is 205 cm³/mol. The third-order valence-electron chi connectivity index (χ3n) is 9.71. The Labute approximate surface area is 337 Å². The zero-order valence-corrected chi connectivity index (χ0v) is 32.5. The number of carbonyl (C=O) groups is 4. The fraction of sp³-hybridized carbons (Fsp3) is 0.400. The topological polar surface area (TPSA) is 160 Å².